The molecule has 4 aliphatic rings. The molecule has 0 radical (unpaired) electrons. The topological polar surface area (TPSA) is 96.5 Å². The first kappa shape index (κ1) is 18.8. The summed E-state index contributed by atoms with van der Waals surface area (Å²) in [7, 11) is 1.26. The van der Waals surface area contributed by atoms with Gasteiger partial charge in [0.25, 0.3) is 0 Å². The first-order chi connectivity index (χ1) is 14.5. The number of thioether (sulfide) groups is 1. The first-order valence-electron chi connectivity index (χ1n) is 9.84. The highest BCUT2D eigenvalue weighted by Gasteiger charge is 2.69. The monoisotopic (exact) mass is 462 g/mol. The lowest BCUT2D eigenvalue weighted by Crippen LogP contribution is -2.42. The highest BCUT2D eigenvalue weighted by molar-refractivity contribution is 8.00. The molecule has 2 bridgehead atoms. The van der Waals surface area contributed by atoms with Crippen molar-refractivity contribution in [2.45, 2.75) is 22.6 Å². The number of rotatable bonds is 3. The van der Waals surface area contributed by atoms with Crippen molar-refractivity contribution in [3.8, 4) is 0 Å². The van der Waals surface area contributed by atoms with Crippen molar-refractivity contribution in [3.63, 3.8) is 0 Å². The van der Waals surface area contributed by atoms with Gasteiger partial charge in [-0.15, -0.1) is 23.1 Å². The predicted molar refractivity (Wildman–Crippen MR) is 112 cm³/mol. The van der Waals surface area contributed by atoms with Gasteiger partial charge in [-0.25, -0.2) is 0 Å². The van der Waals surface area contributed by atoms with Crippen LogP contribution in [0.2, 0.25) is 0 Å². The highest BCUT2D eigenvalue weighted by Crippen LogP contribution is 2.68. The number of hydrogen-bond acceptors (Lipinski definition) is 8. The second-order valence-corrected chi connectivity index (χ2v) is 11.5. The van der Waals surface area contributed by atoms with Crippen LogP contribution < -0.4 is 4.87 Å². The fraction of sp³-hybridized carbons (Fsp3) is 0.500. The van der Waals surface area contributed by atoms with E-state index in [0.717, 1.165) is 21.2 Å². The first-order valence-corrected chi connectivity index (χ1v) is 12.4. The third-order valence-electron chi connectivity index (χ3n) is 7.18. The number of carbonyl (C=O) groups is 3. The molecule has 2 aliphatic carbocycles. The summed E-state index contributed by atoms with van der Waals surface area (Å²) in [5.41, 5.74) is 0. The highest BCUT2D eigenvalue weighted by atomic mass is 32.2. The maximum atomic E-state index is 13.2. The summed E-state index contributed by atoms with van der Waals surface area (Å²) in [4.78, 5) is 56.5. The molecule has 2 aliphatic heterocycles. The third kappa shape index (κ3) is 2.38. The molecule has 30 heavy (non-hydrogen) atoms. The molecule has 4 heterocycles. The molecule has 0 spiro atoms. The van der Waals surface area contributed by atoms with Gasteiger partial charge in [-0.05, 0) is 35.6 Å². The van der Waals surface area contributed by atoms with E-state index in [-0.39, 0.29) is 64.0 Å². The molecule has 10 heteroatoms. The van der Waals surface area contributed by atoms with Crippen molar-refractivity contribution in [1.82, 2.24) is 9.88 Å². The number of amides is 2. The van der Waals surface area contributed by atoms with E-state index >= 15 is 0 Å². The van der Waals surface area contributed by atoms with Gasteiger partial charge in [0.15, 0.2) is 0 Å². The molecule has 6 rings (SSSR count). The van der Waals surface area contributed by atoms with Crippen molar-refractivity contribution in [2.24, 2.45) is 29.6 Å². The van der Waals surface area contributed by atoms with E-state index < -0.39 is 5.97 Å². The number of aromatic nitrogens is 1. The summed E-state index contributed by atoms with van der Waals surface area (Å²) in [6.45, 7) is -0.307. The Morgan fingerprint density at radius 2 is 2.00 bits per heavy atom. The minimum absolute atomic E-state index is 0.0574. The van der Waals surface area contributed by atoms with Crippen LogP contribution in [0, 0.1) is 29.6 Å². The molecule has 2 amide bonds. The summed E-state index contributed by atoms with van der Waals surface area (Å²) in [5, 5.41) is 3.13. The van der Waals surface area contributed by atoms with Crippen LogP contribution in [0.15, 0.2) is 27.3 Å². The number of aromatic amines is 1. The zero-order valence-electron chi connectivity index (χ0n) is 15.9. The van der Waals surface area contributed by atoms with Crippen molar-refractivity contribution in [1.29, 1.82) is 0 Å². The molecule has 3 fully saturated rings. The van der Waals surface area contributed by atoms with Crippen LogP contribution in [0.4, 0.5) is 0 Å². The predicted octanol–water partition coefficient (Wildman–Crippen LogP) is 2.14. The number of thiophene rings is 1. The Morgan fingerprint density at radius 3 is 2.70 bits per heavy atom. The van der Waals surface area contributed by atoms with Gasteiger partial charge in [0.05, 0.1) is 24.0 Å². The number of nitrogens with one attached hydrogen (secondary N) is 1. The van der Waals surface area contributed by atoms with Gasteiger partial charge in [0.1, 0.15) is 6.54 Å². The number of hydrogen-bond donors (Lipinski definition) is 1. The molecule has 2 saturated carbocycles. The summed E-state index contributed by atoms with van der Waals surface area (Å²) >= 11 is 4.61. The fourth-order valence-corrected chi connectivity index (χ4v) is 10.1. The standard InChI is InChI=1S/C20H18N2O5S3/c1-27-10(23)6-22-18(24)12-7-5-8(13(12)19(22)25)15-11(7)14(9-3-2-4-28-9)16-17(29-15)21-20(26)30-16/h2-4,7-8,11-15H,5-6H2,1H3,(H,21,26)/t7-,8+,11+,12+,13-,14-,15-/m1/s1. The minimum atomic E-state index is -0.577. The van der Waals surface area contributed by atoms with E-state index in [1.807, 2.05) is 11.4 Å². The largest absolute Gasteiger partial charge is 0.468 e. The smallest absolute Gasteiger partial charge is 0.325 e. The molecular weight excluding hydrogens is 444 g/mol. The van der Waals surface area contributed by atoms with Crippen molar-refractivity contribution in [3.05, 3.63) is 36.9 Å². The number of esters is 1. The van der Waals surface area contributed by atoms with E-state index in [2.05, 4.69) is 15.8 Å². The van der Waals surface area contributed by atoms with Crippen LogP contribution in [-0.2, 0) is 19.1 Å². The van der Waals surface area contributed by atoms with Crippen molar-refractivity contribution >= 4 is 52.2 Å². The molecule has 1 N–H and O–H groups in total. The summed E-state index contributed by atoms with van der Waals surface area (Å²) in [6.07, 6.45) is 0.849. The second-order valence-electron chi connectivity index (χ2n) is 8.31. The van der Waals surface area contributed by atoms with Gasteiger partial charge in [0.2, 0.25) is 11.8 Å². The zero-order valence-corrected chi connectivity index (χ0v) is 18.4. The van der Waals surface area contributed by atoms with Crippen molar-refractivity contribution < 1.29 is 19.1 Å². The summed E-state index contributed by atoms with van der Waals surface area (Å²) in [5.74, 6) is -1.35. The van der Waals surface area contributed by atoms with Gasteiger partial charge in [-0.2, -0.15) is 0 Å². The van der Waals surface area contributed by atoms with Crippen LogP contribution in [0.25, 0.3) is 0 Å². The Balaban J connectivity index is 1.42. The molecule has 156 valence electrons. The Labute approximate surface area is 183 Å². The van der Waals surface area contributed by atoms with Gasteiger partial charge in [-0.1, -0.05) is 17.4 Å². The molecule has 2 aromatic rings. The number of methoxy groups -OCH3 is 1. The average Bonchev–Trinajstić information content (AvgIpc) is 3.52. The maximum absolute atomic E-state index is 13.2. The van der Waals surface area contributed by atoms with Gasteiger partial charge in [0, 0.05) is 20.9 Å². The van der Waals surface area contributed by atoms with E-state index in [4.69, 9.17) is 0 Å². The van der Waals surface area contributed by atoms with E-state index in [1.54, 1.807) is 23.1 Å². The minimum Gasteiger partial charge on any atom is -0.468 e. The van der Waals surface area contributed by atoms with Crippen LogP contribution in [0.5, 0.6) is 0 Å². The molecule has 0 unspecified atom stereocenters. The van der Waals surface area contributed by atoms with Crippen LogP contribution in [0.3, 0.4) is 0 Å². The lowest BCUT2D eigenvalue weighted by atomic mass is 9.69. The Morgan fingerprint density at radius 1 is 1.23 bits per heavy atom. The molecule has 0 aromatic carbocycles. The number of carbonyl (C=O) groups excluding carboxylic acids is 3. The quantitative estimate of drug-likeness (QED) is 0.555. The summed E-state index contributed by atoms with van der Waals surface area (Å²) in [6, 6.07) is 4.12. The number of likely N-dealkylation sites (tertiary alicyclic amines) is 1. The van der Waals surface area contributed by atoms with Gasteiger partial charge >= 0.3 is 10.8 Å². The molecule has 2 aromatic heterocycles. The van der Waals surface area contributed by atoms with E-state index in [0.29, 0.717) is 0 Å². The number of H-pyrrole nitrogens is 1. The van der Waals surface area contributed by atoms with Crippen LogP contribution in [0.1, 0.15) is 22.1 Å². The molecule has 1 saturated heterocycles. The maximum Gasteiger partial charge on any atom is 0.325 e. The Kier molecular flexibility index (Phi) is 4.11. The molecule has 7 atom stereocenters. The zero-order chi connectivity index (χ0) is 20.7. The van der Waals surface area contributed by atoms with E-state index in [9.17, 15) is 19.2 Å². The second kappa shape index (κ2) is 6.54. The molecular formula is C20H18N2O5S3. The number of thiazole rings is 1. The van der Waals surface area contributed by atoms with E-state index in [1.165, 1.54) is 23.3 Å². The number of nitrogens with zero attached hydrogens (tertiary/aromatic N) is 1. The lowest BCUT2D eigenvalue weighted by Gasteiger charge is -2.42. The van der Waals surface area contributed by atoms with Gasteiger partial charge < -0.3 is 9.72 Å². The fourth-order valence-electron chi connectivity index (χ4n) is 6.21. The number of imide groups is 1. The van der Waals surface area contributed by atoms with Crippen LogP contribution >= 0.6 is 34.4 Å². The third-order valence-corrected chi connectivity index (χ3v) is 10.7. The lowest BCUT2D eigenvalue weighted by molar-refractivity contribution is -0.151. The summed E-state index contributed by atoms with van der Waals surface area (Å²) < 4.78 is 4.68. The van der Waals surface area contributed by atoms with Gasteiger partial charge in [-0.3, -0.25) is 24.1 Å². The number of ether oxygens (including phenoxy) is 1. The SMILES string of the molecule is COC(=O)CN1C(=O)[C@@H]2[C@@H]3C[C@@H]([C@@H]2C1=O)[C@H]1[C@@H](c2cccs2)c2sc(=O)[nH]c2S[C@H]31. The van der Waals surface area contributed by atoms with Crippen LogP contribution in [-0.4, -0.2) is 46.6 Å². The normalized spacial score (nSPS) is 36.0. The number of fused-ring (bicyclic) bond motifs is 9. The average molecular weight is 463 g/mol. The Bertz CT molecular complexity index is 1120. The Hall–Kier alpha value is -1.91. The molecule has 7 nitrogen and oxygen atoms in total. The van der Waals surface area contributed by atoms with Crippen molar-refractivity contribution in [2.75, 3.05) is 13.7 Å².